The van der Waals surface area contributed by atoms with E-state index in [4.69, 9.17) is 5.73 Å². The molecule has 1 aromatic heterocycles. The molecule has 1 aromatic rings. The first-order valence-electron chi connectivity index (χ1n) is 4.72. The third-order valence-electron chi connectivity index (χ3n) is 2.10. The summed E-state index contributed by atoms with van der Waals surface area (Å²) in [6.07, 6.45) is 0.275. The molecule has 0 aliphatic rings. The van der Waals surface area contributed by atoms with Gasteiger partial charge in [0.1, 0.15) is 11.4 Å². The van der Waals surface area contributed by atoms with Crippen LogP contribution in [-0.2, 0) is 11.3 Å². The third kappa shape index (κ3) is 3.67. The zero-order chi connectivity index (χ0) is 11.5. The lowest BCUT2D eigenvalue weighted by Gasteiger charge is -2.24. The number of carbonyl (C=O) groups is 1. The topological polar surface area (TPSA) is 94.0 Å². The fourth-order valence-electron chi connectivity index (χ4n) is 1.23. The Kier molecular flexibility index (Phi) is 3.41. The van der Waals surface area contributed by atoms with Gasteiger partial charge in [0.25, 0.3) is 0 Å². The normalized spacial score (nSPS) is 11.7. The van der Waals surface area contributed by atoms with Gasteiger partial charge >= 0.3 is 0 Å². The van der Waals surface area contributed by atoms with Gasteiger partial charge in [-0.2, -0.15) is 0 Å². The molecule has 0 atom stereocenters. The molecular formula is C9H16N4O2. The Labute approximate surface area is 88.2 Å². The van der Waals surface area contributed by atoms with Gasteiger partial charge in [0.2, 0.25) is 5.91 Å². The molecule has 6 nitrogen and oxygen atoms in total. The number of aromatic nitrogens is 2. The quantitative estimate of drug-likeness (QED) is 0.723. The lowest BCUT2D eigenvalue weighted by Crippen LogP contribution is -2.42. The molecule has 0 aromatic carbocycles. The van der Waals surface area contributed by atoms with Gasteiger partial charge in [-0.1, -0.05) is 10.3 Å². The van der Waals surface area contributed by atoms with Gasteiger partial charge in [-0.3, -0.25) is 4.79 Å². The molecule has 1 heterocycles. The molecule has 3 N–H and O–H groups in total. The average molecular weight is 212 g/mol. The van der Waals surface area contributed by atoms with Crippen molar-refractivity contribution in [2.45, 2.75) is 39.3 Å². The number of amides is 1. The van der Waals surface area contributed by atoms with E-state index >= 15 is 0 Å². The second kappa shape index (κ2) is 4.39. The SMILES string of the molecule is Cc1nonc1CNC(C)(C)CC(N)=O. The van der Waals surface area contributed by atoms with E-state index in [-0.39, 0.29) is 17.9 Å². The minimum atomic E-state index is -0.350. The second-order valence-electron chi connectivity index (χ2n) is 4.18. The van der Waals surface area contributed by atoms with Crippen molar-refractivity contribution in [2.24, 2.45) is 5.73 Å². The van der Waals surface area contributed by atoms with E-state index in [1.54, 1.807) is 0 Å². The minimum absolute atomic E-state index is 0.275. The lowest BCUT2D eigenvalue weighted by atomic mass is 10.0. The van der Waals surface area contributed by atoms with E-state index in [9.17, 15) is 4.79 Å². The summed E-state index contributed by atoms with van der Waals surface area (Å²) in [6, 6.07) is 0. The summed E-state index contributed by atoms with van der Waals surface area (Å²) >= 11 is 0. The first kappa shape index (κ1) is 11.6. The maximum atomic E-state index is 10.8. The van der Waals surface area contributed by atoms with Gasteiger partial charge in [-0.25, -0.2) is 4.63 Å². The van der Waals surface area contributed by atoms with Crippen LogP contribution in [0.4, 0.5) is 0 Å². The van der Waals surface area contributed by atoms with Crippen molar-refractivity contribution in [3.63, 3.8) is 0 Å². The van der Waals surface area contributed by atoms with Crippen LogP contribution in [0.3, 0.4) is 0 Å². The van der Waals surface area contributed by atoms with Crippen molar-refractivity contribution < 1.29 is 9.42 Å². The highest BCUT2D eigenvalue weighted by atomic mass is 16.6. The maximum absolute atomic E-state index is 10.8. The number of aryl methyl sites for hydroxylation is 1. The Bertz CT molecular complexity index is 346. The van der Waals surface area contributed by atoms with E-state index in [2.05, 4.69) is 20.3 Å². The Hall–Kier alpha value is -1.43. The molecule has 0 bridgehead atoms. The number of hydrogen-bond acceptors (Lipinski definition) is 5. The molecule has 0 aliphatic heterocycles. The molecule has 0 unspecified atom stereocenters. The van der Waals surface area contributed by atoms with E-state index in [0.717, 1.165) is 11.4 Å². The summed E-state index contributed by atoms with van der Waals surface area (Å²) in [5.74, 6) is -0.331. The van der Waals surface area contributed by atoms with Crippen LogP contribution in [0, 0.1) is 6.92 Å². The van der Waals surface area contributed by atoms with Crippen LogP contribution in [0.25, 0.3) is 0 Å². The summed E-state index contributed by atoms with van der Waals surface area (Å²) in [4.78, 5) is 10.8. The number of rotatable bonds is 5. The van der Waals surface area contributed by atoms with E-state index in [0.29, 0.717) is 6.54 Å². The maximum Gasteiger partial charge on any atom is 0.219 e. The number of nitrogens with zero attached hydrogens (tertiary/aromatic N) is 2. The van der Waals surface area contributed by atoms with Crippen LogP contribution in [-0.4, -0.2) is 21.8 Å². The van der Waals surface area contributed by atoms with Crippen LogP contribution in [0.5, 0.6) is 0 Å². The van der Waals surface area contributed by atoms with Crippen LogP contribution < -0.4 is 11.1 Å². The number of primary amides is 1. The fraction of sp³-hybridized carbons (Fsp3) is 0.667. The van der Waals surface area contributed by atoms with E-state index in [1.807, 2.05) is 20.8 Å². The van der Waals surface area contributed by atoms with Crippen LogP contribution >= 0.6 is 0 Å². The van der Waals surface area contributed by atoms with Gasteiger partial charge in [-0.15, -0.1) is 0 Å². The molecule has 1 amide bonds. The highest BCUT2D eigenvalue weighted by Gasteiger charge is 2.20. The number of nitrogens with one attached hydrogen (secondary N) is 1. The zero-order valence-corrected chi connectivity index (χ0v) is 9.20. The Morgan fingerprint density at radius 3 is 2.67 bits per heavy atom. The van der Waals surface area contributed by atoms with Crippen molar-refractivity contribution in [1.82, 2.24) is 15.6 Å². The molecular weight excluding hydrogens is 196 g/mol. The summed E-state index contributed by atoms with van der Waals surface area (Å²) in [5.41, 5.74) is 6.27. The lowest BCUT2D eigenvalue weighted by molar-refractivity contribution is -0.119. The molecule has 0 saturated carbocycles. The minimum Gasteiger partial charge on any atom is -0.370 e. The van der Waals surface area contributed by atoms with Gasteiger partial charge in [0.05, 0.1) is 0 Å². The predicted octanol–water partition coefficient (Wildman–Crippen LogP) is 0.122. The molecule has 0 saturated heterocycles. The first-order valence-corrected chi connectivity index (χ1v) is 4.72. The van der Waals surface area contributed by atoms with Crippen molar-refractivity contribution in [3.05, 3.63) is 11.4 Å². The summed E-state index contributed by atoms with van der Waals surface area (Å²) in [6.45, 7) is 6.13. The average Bonchev–Trinajstić information content (AvgIpc) is 2.45. The van der Waals surface area contributed by atoms with Crippen molar-refractivity contribution in [1.29, 1.82) is 0 Å². The van der Waals surface area contributed by atoms with Crippen molar-refractivity contribution in [3.8, 4) is 0 Å². The molecule has 0 spiro atoms. The standard InChI is InChI=1S/C9H16N4O2/c1-6-7(13-15-12-6)5-11-9(2,3)4-8(10)14/h11H,4-5H2,1-3H3,(H2,10,14). The molecule has 6 heteroatoms. The van der Waals surface area contributed by atoms with Gasteiger partial charge in [-0.05, 0) is 20.8 Å². The summed E-state index contributed by atoms with van der Waals surface area (Å²) in [7, 11) is 0. The molecule has 0 radical (unpaired) electrons. The smallest absolute Gasteiger partial charge is 0.219 e. The number of carbonyl (C=O) groups excluding carboxylic acids is 1. The Morgan fingerprint density at radius 2 is 2.20 bits per heavy atom. The predicted molar refractivity (Wildman–Crippen MR) is 53.8 cm³/mol. The van der Waals surface area contributed by atoms with E-state index < -0.39 is 0 Å². The molecule has 0 aliphatic carbocycles. The van der Waals surface area contributed by atoms with Gasteiger partial charge < -0.3 is 11.1 Å². The van der Waals surface area contributed by atoms with Crippen molar-refractivity contribution >= 4 is 5.91 Å². The second-order valence-corrected chi connectivity index (χ2v) is 4.18. The zero-order valence-electron chi connectivity index (χ0n) is 9.20. The van der Waals surface area contributed by atoms with Crippen LogP contribution in [0.15, 0.2) is 4.63 Å². The molecule has 84 valence electrons. The number of nitrogens with two attached hydrogens (primary N) is 1. The summed E-state index contributed by atoms with van der Waals surface area (Å²) < 4.78 is 4.56. The van der Waals surface area contributed by atoms with Crippen LogP contribution in [0.2, 0.25) is 0 Å². The fourth-order valence-corrected chi connectivity index (χ4v) is 1.23. The largest absolute Gasteiger partial charge is 0.370 e. The monoisotopic (exact) mass is 212 g/mol. The third-order valence-corrected chi connectivity index (χ3v) is 2.10. The molecule has 0 fully saturated rings. The van der Waals surface area contributed by atoms with Crippen molar-refractivity contribution in [2.75, 3.05) is 0 Å². The van der Waals surface area contributed by atoms with Gasteiger partial charge in [0, 0.05) is 18.5 Å². The summed E-state index contributed by atoms with van der Waals surface area (Å²) in [5, 5.41) is 10.6. The highest BCUT2D eigenvalue weighted by Crippen LogP contribution is 2.09. The van der Waals surface area contributed by atoms with Crippen LogP contribution in [0.1, 0.15) is 31.7 Å². The first-order chi connectivity index (χ1) is 6.91. The van der Waals surface area contributed by atoms with Gasteiger partial charge in [0.15, 0.2) is 0 Å². The van der Waals surface area contributed by atoms with E-state index in [1.165, 1.54) is 0 Å². The molecule has 15 heavy (non-hydrogen) atoms. The Morgan fingerprint density at radius 1 is 1.53 bits per heavy atom. The highest BCUT2D eigenvalue weighted by molar-refractivity contribution is 5.74. The molecule has 1 rings (SSSR count). The Balaban J connectivity index is 2.49. The number of hydrogen-bond donors (Lipinski definition) is 2.